The summed E-state index contributed by atoms with van der Waals surface area (Å²) in [5.41, 5.74) is 3.94. The van der Waals surface area contributed by atoms with Gasteiger partial charge >= 0.3 is 0 Å². The van der Waals surface area contributed by atoms with E-state index in [1.165, 1.54) is 0 Å². The second-order valence-electron chi connectivity index (χ2n) is 5.34. The second kappa shape index (κ2) is 6.66. The van der Waals surface area contributed by atoms with E-state index in [1.807, 2.05) is 37.3 Å². The topological polar surface area (TPSA) is 64.7 Å². The van der Waals surface area contributed by atoms with Crippen molar-refractivity contribution in [1.82, 2.24) is 5.16 Å². The fraction of sp³-hybridized carbons (Fsp3) is 0.211. The molecule has 5 nitrogen and oxygen atoms in total. The Balaban J connectivity index is 2.10. The van der Waals surface area contributed by atoms with E-state index in [1.54, 1.807) is 26.5 Å². The summed E-state index contributed by atoms with van der Waals surface area (Å²) in [5.74, 6) is 1.54. The van der Waals surface area contributed by atoms with Crippen molar-refractivity contribution in [3.63, 3.8) is 0 Å². The average Bonchev–Trinajstić information content (AvgIpc) is 3.10. The van der Waals surface area contributed by atoms with Gasteiger partial charge in [-0.25, -0.2) is 0 Å². The van der Waals surface area contributed by atoms with Gasteiger partial charge in [-0.15, -0.1) is 0 Å². The quantitative estimate of drug-likeness (QED) is 0.758. The first-order chi connectivity index (χ1) is 11.7. The van der Waals surface area contributed by atoms with Crippen LogP contribution in [-0.4, -0.2) is 24.5 Å². The minimum atomic E-state index is 0.104. The van der Waals surface area contributed by atoms with Gasteiger partial charge in [0, 0.05) is 17.2 Å². The van der Waals surface area contributed by atoms with Crippen LogP contribution in [0.3, 0.4) is 0 Å². The van der Waals surface area contributed by atoms with Crippen LogP contribution >= 0.6 is 0 Å². The monoisotopic (exact) mass is 325 g/mol. The van der Waals surface area contributed by atoms with Gasteiger partial charge in [-0.1, -0.05) is 24.2 Å². The molecule has 1 aromatic heterocycles. The highest BCUT2D eigenvalue weighted by Crippen LogP contribution is 2.39. The Morgan fingerprint density at radius 1 is 1.04 bits per heavy atom. The maximum absolute atomic E-state index is 10.4. The number of phenolic OH excluding ortho intramolecular Hbond substituents is 1. The Labute approximate surface area is 140 Å². The van der Waals surface area contributed by atoms with Crippen molar-refractivity contribution in [2.24, 2.45) is 0 Å². The molecule has 0 aliphatic heterocycles. The number of phenols is 1. The number of hydrogen-bond donors (Lipinski definition) is 1. The zero-order valence-electron chi connectivity index (χ0n) is 13.9. The number of benzene rings is 2. The van der Waals surface area contributed by atoms with E-state index in [2.05, 4.69) is 5.16 Å². The molecule has 3 aromatic rings. The molecule has 0 saturated carbocycles. The predicted molar refractivity (Wildman–Crippen MR) is 91.5 cm³/mol. The number of nitrogens with zero attached hydrogens (tertiary/aromatic N) is 1. The molecule has 0 amide bonds. The van der Waals surface area contributed by atoms with Crippen LogP contribution in [-0.2, 0) is 6.42 Å². The molecule has 0 fully saturated rings. The molecule has 0 radical (unpaired) electrons. The highest BCUT2D eigenvalue weighted by atomic mass is 16.5. The van der Waals surface area contributed by atoms with Gasteiger partial charge in [0.15, 0.2) is 0 Å². The van der Waals surface area contributed by atoms with Crippen LogP contribution < -0.4 is 9.47 Å². The lowest BCUT2D eigenvalue weighted by Gasteiger charge is -2.11. The number of rotatable bonds is 5. The lowest BCUT2D eigenvalue weighted by Crippen LogP contribution is -1.93. The van der Waals surface area contributed by atoms with E-state index in [-0.39, 0.29) is 5.75 Å². The highest BCUT2D eigenvalue weighted by Gasteiger charge is 2.18. The SMILES string of the molecule is CCc1cc(-c2nocc2-c2ccc(OC)cc2)c(O)cc1OC. The van der Waals surface area contributed by atoms with E-state index >= 15 is 0 Å². The van der Waals surface area contributed by atoms with Crippen LogP contribution in [0.5, 0.6) is 17.2 Å². The molecule has 0 atom stereocenters. The Kier molecular flexibility index (Phi) is 4.42. The van der Waals surface area contributed by atoms with Crippen molar-refractivity contribution in [3.05, 3.63) is 48.2 Å². The molecule has 3 rings (SSSR count). The lowest BCUT2D eigenvalue weighted by molar-refractivity contribution is 0.403. The van der Waals surface area contributed by atoms with Gasteiger partial charge < -0.3 is 19.1 Å². The average molecular weight is 325 g/mol. The Morgan fingerprint density at radius 3 is 2.42 bits per heavy atom. The summed E-state index contributed by atoms with van der Waals surface area (Å²) < 4.78 is 15.7. The van der Waals surface area contributed by atoms with Crippen molar-refractivity contribution in [2.45, 2.75) is 13.3 Å². The van der Waals surface area contributed by atoms with Crippen LogP contribution in [0.2, 0.25) is 0 Å². The van der Waals surface area contributed by atoms with E-state index in [0.29, 0.717) is 17.0 Å². The number of ether oxygens (including phenoxy) is 2. The molecular formula is C19H19NO4. The van der Waals surface area contributed by atoms with Crippen molar-refractivity contribution in [1.29, 1.82) is 0 Å². The summed E-state index contributed by atoms with van der Waals surface area (Å²) >= 11 is 0. The molecule has 0 unspecified atom stereocenters. The molecule has 0 aliphatic rings. The van der Waals surface area contributed by atoms with Crippen LogP contribution in [0.1, 0.15) is 12.5 Å². The summed E-state index contributed by atoms with van der Waals surface area (Å²) in [5, 5.41) is 14.5. The van der Waals surface area contributed by atoms with Gasteiger partial charge in [-0.3, -0.25) is 0 Å². The molecular weight excluding hydrogens is 306 g/mol. The minimum absolute atomic E-state index is 0.104. The maximum Gasteiger partial charge on any atom is 0.132 e. The first kappa shape index (κ1) is 15.9. The smallest absolute Gasteiger partial charge is 0.132 e. The van der Waals surface area contributed by atoms with Crippen LogP contribution in [0.15, 0.2) is 47.2 Å². The van der Waals surface area contributed by atoms with E-state index in [4.69, 9.17) is 14.0 Å². The third kappa shape index (κ3) is 2.80. The zero-order chi connectivity index (χ0) is 17.1. The molecule has 0 saturated heterocycles. The first-order valence-corrected chi connectivity index (χ1v) is 7.67. The van der Waals surface area contributed by atoms with Crippen LogP contribution in [0.4, 0.5) is 0 Å². The van der Waals surface area contributed by atoms with E-state index < -0.39 is 0 Å². The van der Waals surface area contributed by atoms with Gasteiger partial charge in [0.05, 0.1) is 14.2 Å². The van der Waals surface area contributed by atoms with Crippen molar-refractivity contribution >= 4 is 0 Å². The minimum Gasteiger partial charge on any atom is -0.507 e. The van der Waals surface area contributed by atoms with Gasteiger partial charge in [-0.2, -0.15) is 0 Å². The first-order valence-electron chi connectivity index (χ1n) is 7.67. The zero-order valence-corrected chi connectivity index (χ0v) is 13.9. The molecule has 0 bridgehead atoms. The Bertz CT molecular complexity index is 837. The van der Waals surface area contributed by atoms with Gasteiger partial charge in [-0.05, 0) is 35.7 Å². The number of aromatic nitrogens is 1. The van der Waals surface area contributed by atoms with E-state index in [9.17, 15) is 5.11 Å². The largest absolute Gasteiger partial charge is 0.507 e. The third-order valence-electron chi connectivity index (χ3n) is 4.01. The fourth-order valence-corrected chi connectivity index (χ4v) is 2.68. The molecule has 0 spiro atoms. The maximum atomic E-state index is 10.4. The second-order valence-corrected chi connectivity index (χ2v) is 5.34. The number of aryl methyl sites for hydroxylation is 1. The Hall–Kier alpha value is -2.95. The summed E-state index contributed by atoms with van der Waals surface area (Å²) in [6.07, 6.45) is 2.36. The fourth-order valence-electron chi connectivity index (χ4n) is 2.68. The van der Waals surface area contributed by atoms with Gasteiger partial charge in [0.1, 0.15) is 29.2 Å². The highest BCUT2D eigenvalue weighted by molar-refractivity contribution is 5.83. The summed E-state index contributed by atoms with van der Waals surface area (Å²) in [4.78, 5) is 0. The Morgan fingerprint density at radius 2 is 1.79 bits per heavy atom. The van der Waals surface area contributed by atoms with Gasteiger partial charge in [0.2, 0.25) is 0 Å². The lowest BCUT2D eigenvalue weighted by atomic mass is 9.98. The molecule has 24 heavy (non-hydrogen) atoms. The molecule has 0 aliphatic carbocycles. The summed E-state index contributed by atoms with van der Waals surface area (Å²) in [6, 6.07) is 11.1. The molecule has 2 aromatic carbocycles. The predicted octanol–water partition coefficient (Wildman–Crippen LogP) is 4.29. The summed E-state index contributed by atoms with van der Waals surface area (Å²) in [7, 11) is 3.22. The van der Waals surface area contributed by atoms with Crippen molar-refractivity contribution in [3.8, 4) is 39.6 Å². The number of methoxy groups -OCH3 is 2. The third-order valence-corrected chi connectivity index (χ3v) is 4.01. The molecule has 1 heterocycles. The van der Waals surface area contributed by atoms with Crippen LogP contribution in [0, 0.1) is 0 Å². The molecule has 124 valence electrons. The van der Waals surface area contributed by atoms with Gasteiger partial charge in [0.25, 0.3) is 0 Å². The number of hydrogen-bond acceptors (Lipinski definition) is 5. The molecule has 1 N–H and O–H groups in total. The normalized spacial score (nSPS) is 10.6. The van der Waals surface area contributed by atoms with Crippen molar-refractivity contribution < 1.29 is 19.1 Å². The number of aromatic hydroxyl groups is 1. The standard InChI is InChI=1S/C19H19NO4/c1-4-12-9-15(17(21)10-18(12)23-3)19-16(11-24-20-19)13-5-7-14(22-2)8-6-13/h5-11,21H,4H2,1-3H3. The molecule has 5 heteroatoms. The summed E-state index contributed by atoms with van der Waals surface area (Å²) in [6.45, 7) is 2.03. The van der Waals surface area contributed by atoms with Crippen LogP contribution in [0.25, 0.3) is 22.4 Å². The van der Waals surface area contributed by atoms with E-state index in [0.717, 1.165) is 28.9 Å². The van der Waals surface area contributed by atoms with Crippen molar-refractivity contribution in [2.75, 3.05) is 14.2 Å².